The Labute approximate surface area is 97.7 Å². The van der Waals surface area contributed by atoms with Crippen molar-refractivity contribution in [2.24, 2.45) is 0 Å². The average molecular weight is 233 g/mol. The number of rotatable bonds is 4. The first-order chi connectivity index (χ1) is 7.81. The van der Waals surface area contributed by atoms with Crippen molar-refractivity contribution < 1.29 is 9.53 Å². The van der Waals surface area contributed by atoms with Crippen LogP contribution in [0.3, 0.4) is 0 Å². The van der Waals surface area contributed by atoms with Crippen LogP contribution in [-0.4, -0.2) is 11.5 Å². The summed E-state index contributed by atoms with van der Waals surface area (Å²) < 4.78 is 4.84. The molecule has 16 heavy (non-hydrogen) atoms. The van der Waals surface area contributed by atoms with Crippen LogP contribution in [0.4, 0.5) is 0 Å². The Morgan fingerprint density at radius 1 is 1.38 bits per heavy atom. The third-order valence-electron chi connectivity index (χ3n) is 2.19. The summed E-state index contributed by atoms with van der Waals surface area (Å²) in [6.45, 7) is 2.26. The molecule has 0 amide bonds. The monoisotopic (exact) mass is 233 g/mol. The second kappa shape index (κ2) is 4.90. The van der Waals surface area contributed by atoms with Gasteiger partial charge in [0.1, 0.15) is 11.1 Å². The first-order valence-corrected chi connectivity index (χ1v) is 5.73. The normalized spacial score (nSPS) is 12.1. The van der Waals surface area contributed by atoms with Crippen LogP contribution < -0.4 is 0 Å². The van der Waals surface area contributed by atoms with Crippen LogP contribution in [0.1, 0.15) is 18.0 Å². The lowest BCUT2D eigenvalue weighted by atomic mass is 10.2. The molecular weight excluding hydrogens is 222 g/mol. The fourth-order valence-electron chi connectivity index (χ4n) is 1.35. The summed E-state index contributed by atoms with van der Waals surface area (Å²) in [5, 5.41) is 0.811. The molecule has 82 valence electrons. The zero-order valence-electron chi connectivity index (χ0n) is 8.79. The fraction of sp³-hybridized carbons (Fsp3) is 0.167. The molecule has 3 nitrogen and oxygen atoms in total. The molecule has 0 aliphatic carbocycles. The van der Waals surface area contributed by atoms with Gasteiger partial charge in [-0.15, -0.1) is 11.3 Å². The van der Waals surface area contributed by atoms with E-state index in [1.165, 1.54) is 11.3 Å². The molecule has 0 N–H and O–H groups in total. The zero-order chi connectivity index (χ0) is 11.4. The van der Waals surface area contributed by atoms with Gasteiger partial charge in [0.15, 0.2) is 0 Å². The van der Waals surface area contributed by atoms with E-state index >= 15 is 0 Å². The second-order valence-electron chi connectivity index (χ2n) is 3.30. The molecule has 0 aliphatic heterocycles. The summed E-state index contributed by atoms with van der Waals surface area (Å²) in [6, 6.07) is 10.0. The minimum absolute atomic E-state index is 0.278. The minimum atomic E-state index is -0.278. The van der Waals surface area contributed by atoms with E-state index in [4.69, 9.17) is 4.74 Å². The van der Waals surface area contributed by atoms with E-state index in [-0.39, 0.29) is 6.10 Å². The van der Waals surface area contributed by atoms with Gasteiger partial charge in [0.25, 0.3) is 6.47 Å². The maximum Gasteiger partial charge on any atom is 0.293 e. The molecule has 0 radical (unpaired) electrons. The van der Waals surface area contributed by atoms with Gasteiger partial charge in [0.05, 0.1) is 4.88 Å². The van der Waals surface area contributed by atoms with Crippen molar-refractivity contribution in [3.63, 3.8) is 0 Å². The first kappa shape index (κ1) is 10.8. The Morgan fingerprint density at radius 2 is 2.12 bits per heavy atom. The number of nitrogens with zero attached hydrogens (tertiary/aromatic N) is 1. The Kier molecular flexibility index (Phi) is 3.31. The summed E-state index contributed by atoms with van der Waals surface area (Å²) in [7, 11) is 0. The van der Waals surface area contributed by atoms with E-state index in [0.29, 0.717) is 6.47 Å². The van der Waals surface area contributed by atoms with Gasteiger partial charge in [-0.25, -0.2) is 4.98 Å². The molecule has 1 heterocycles. The molecule has 0 bridgehead atoms. The third-order valence-corrected chi connectivity index (χ3v) is 3.40. The van der Waals surface area contributed by atoms with Gasteiger partial charge in [0, 0.05) is 6.20 Å². The summed E-state index contributed by atoms with van der Waals surface area (Å²) in [5.74, 6) is 0. The molecule has 0 fully saturated rings. The number of aromatic nitrogens is 1. The van der Waals surface area contributed by atoms with E-state index in [0.717, 1.165) is 15.4 Å². The van der Waals surface area contributed by atoms with E-state index < -0.39 is 0 Å². The van der Waals surface area contributed by atoms with Gasteiger partial charge in [-0.3, -0.25) is 4.79 Å². The topological polar surface area (TPSA) is 39.2 Å². The maximum atomic E-state index is 10.2. The Hall–Kier alpha value is -1.68. The fourth-order valence-corrected chi connectivity index (χ4v) is 2.26. The van der Waals surface area contributed by atoms with Gasteiger partial charge < -0.3 is 4.74 Å². The van der Waals surface area contributed by atoms with E-state index in [2.05, 4.69) is 4.98 Å². The lowest BCUT2D eigenvalue weighted by Crippen LogP contribution is -1.96. The lowest BCUT2D eigenvalue weighted by Gasteiger charge is -2.03. The van der Waals surface area contributed by atoms with E-state index in [1.807, 2.05) is 37.3 Å². The highest BCUT2D eigenvalue weighted by Crippen LogP contribution is 2.29. The highest BCUT2D eigenvalue weighted by atomic mass is 32.1. The predicted octanol–water partition coefficient (Wildman–Crippen LogP) is 3.04. The van der Waals surface area contributed by atoms with Crippen molar-refractivity contribution in [2.75, 3.05) is 0 Å². The largest absolute Gasteiger partial charge is 0.457 e. The summed E-state index contributed by atoms with van der Waals surface area (Å²) in [4.78, 5) is 15.5. The van der Waals surface area contributed by atoms with E-state index in [9.17, 15) is 4.79 Å². The molecule has 2 aromatic rings. The Morgan fingerprint density at radius 3 is 2.81 bits per heavy atom. The molecule has 1 unspecified atom stereocenters. The van der Waals surface area contributed by atoms with E-state index in [1.54, 1.807) is 6.20 Å². The predicted molar refractivity (Wildman–Crippen MR) is 63.1 cm³/mol. The molecule has 4 heteroatoms. The molecule has 2 rings (SSSR count). The number of benzene rings is 1. The molecule has 0 saturated carbocycles. The maximum absolute atomic E-state index is 10.2. The number of ether oxygens (including phenoxy) is 1. The molecule has 1 atom stereocenters. The van der Waals surface area contributed by atoms with Crippen molar-refractivity contribution in [2.45, 2.75) is 13.0 Å². The van der Waals surface area contributed by atoms with Gasteiger partial charge >= 0.3 is 0 Å². The Balaban J connectivity index is 2.23. The van der Waals surface area contributed by atoms with Crippen molar-refractivity contribution in [1.29, 1.82) is 0 Å². The lowest BCUT2D eigenvalue weighted by molar-refractivity contribution is -0.133. The second-order valence-corrected chi connectivity index (χ2v) is 4.37. The molecular formula is C12H11NO2S. The van der Waals surface area contributed by atoms with Crippen molar-refractivity contribution in [3.05, 3.63) is 41.5 Å². The summed E-state index contributed by atoms with van der Waals surface area (Å²) in [5.41, 5.74) is 1.13. The summed E-state index contributed by atoms with van der Waals surface area (Å²) in [6.07, 6.45) is 1.53. The molecule has 1 aromatic carbocycles. The van der Waals surface area contributed by atoms with Gasteiger partial charge in [0.2, 0.25) is 0 Å². The average Bonchev–Trinajstić information content (AvgIpc) is 2.80. The Bertz CT molecular complexity index is 467. The molecule has 0 saturated heterocycles. The number of carbonyl (C=O) groups excluding carboxylic acids is 1. The minimum Gasteiger partial charge on any atom is -0.457 e. The van der Waals surface area contributed by atoms with Crippen LogP contribution in [0.15, 0.2) is 36.5 Å². The number of carbonyl (C=O) groups is 1. The zero-order valence-corrected chi connectivity index (χ0v) is 9.61. The van der Waals surface area contributed by atoms with Crippen LogP contribution in [0.25, 0.3) is 10.4 Å². The van der Waals surface area contributed by atoms with Crippen LogP contribution in [0.2, 0.25) is 0 Å². The highest BCUT2D eigenvalue weighted by molar-refractivity contribution is 7.15. The number of thiazole rings is 1. The van der Waals surface area contributed by atoms with Crippen molar-refractivity contribution in [3.8, 4) is 10.4 Å². The number of hydrogen-bond acceptors (Lipinski definition) is 4. The van der Waals surface area contributed by atoms with Crippen LogP contribution >= 0.6 is 11.3 Å². The van der Waals surface area contributed by atoms with Gasteiger partial charge in [-0.1, -0.05) is 30.3 Å². The van der Waals surface area contributed by atoms with Crippen molar-refractivity contribution >= 4 is 17.8 Å². The molecule has 0 spiro atoms. The number of hydrogen-bond donors (Lipinski definition) is 0. The van der Waals surface area contributed by atoms with Crippen molar-refractivity contribution in [1.82, 2.24) is 4.98 Å². The third kappa shape index (κ3) is 2.28. The highest BCUT2D eigenvalue weighted by Gasteiger charge is 2.11. The quantitative estimate of drug-likeness (QED) is 0.762. The standard InChI is InChI=1S/C12H11NO2S/c1-9(15-8-14)12-13-7-11(16-12)10-5-3-2-4-6-10/h2-9H,1H3. The smallest absolute Gasteiger partial charge is 0.293 e. The van der Waals surface area contributed by atoms with Gasteiger partial charge in [-0.2, -0.15) is 0 Å². The SMILES string of the molecule is CC(OC=O)c1ncc(-c2ccccc2)s1. The van der Waals surface area contributed by atoms with Crippen LogP contribution in [0, 0.1) is 0 Å². The molecule has 1 aromatic heterocycles. The molecule has 0 aliphatic rings. The summed E-state index contributed by atoms with van der Waals surface area (Å²) >= 11 is 1.54. The van der Waals surface area contributed by atoms with Crippen LogP contribution in [0.5, 0.6) is 0 Å². The van der Waals surface area contributed by atoms with Crippen LogP contribution in [-0.2, 0) is 9.53 Å². The van der Waals surface area contributed by atoms with Gasteiger partial charge in [-0.05, 0) is 12.5 Å². The first-order valence-electron chi connectivity index (χ1n) is 4.91.